The van der Waals surface area contributed by atoms with E-state index in [1.807, 2.05) is 0 Å². The summed E-state index contributed by atoms with van der Waals surface area (Å²) in [6.07, 6.45) is -0.940. The number of aliphatic hydroxyl groups is 2. The normalized spacial score (nSPS) is 13.7. The molecule has 5 heteroatoms. The molecule has 0 radical (unpaired) electrons. The molecule has 0 aliphatic carbocycles. The van der Waals surface area contributed by atoms with Gasteiger partial charge in [-0.1, -0.05) is 18.2 Å². The van der Waals surface area contributed by atoms with E-state index in [4.69, 9.17) is 4.74 Å². The minimum atomic E-state index is -0.940. The fourth-order valence-electron chi connectivity index (χ4n) is 2.22. The van der Waals surface area contributed by atoms with E-state index in [-0.39, 0.29) is 23.9 Å². The van der Waals surface area contributed by atoms with E-state index < -0.39 is 12.0 Å². The molecule has 2 rings (SSSR count). The van der Waals surface area contributed by atoms with Crippen LogP contribution in [0.5, 0.6) is 17.2 Å². The summed E-state index contributed by atoms with van der Waals surface area (Å²) in [7, 11) is 1.43. The van der Waals surface area contributed by atoms with Gasteiger partial charge in [-0.05, 0) is 35.4 Å². The number of aliphatic hydroxyl groups excluding tert-OH is 2. The molecule has 0 bridgehead atoms. The van der Waals surface area contributed by atoms with Gasteiger partial charge in [-0.15, -0.1) is 0 Å². The van der Waals surface area contributed by atoms with Gasteiger partial charge in [-0.25, -0.2) is 0 Å². The standard InChI is InChI=1S/C16H18O5/c1-21-15-8-11(4-7-14(15)19)13(9-17)16(20)10-2-5-12(18)6-3-10/h2-8,13,16-20H,9H2,1H3. The Kier molecular flexibility index (Phi) is 4.67. The third-order valence-corrected chi connectivity index (χ3v) is 3.44. The average Bonchev–Trinajstić information content (AvgIpc) is 2.50. The minimum absolute atomic E-state index is 0.00272. The van der Waals surface area contributed by atoms with Crippen LogP contribution in [0.4, 0.5) is 0 Å². The van der Waals surface area contributed by atoms with Crippen molar-refractivity contribution in [2.45, 2.75) is 12.0 Å². The molecule has 21 heavy (non-hydrogen) atoms. The monoisotopic (exact) mass is 290 g/mol. The molecule has 0 fully saturated rings. The summed E-state index contributed by atoms with van der Waals surface area (Å²) in [5, 5.41) is 38.9. The lowest BCUT2D eigenvalue weighted by atomic mass is 9.89. The van der Waals surface area contributed by atoms with Gasteiger partial charge < -0.3 is 25.2 Å². The first kappa shape index (κ1) is 15.2. The maximum Gasteiger partial charge on any atom is 0.160 e. The third kappa shape index (κ3) is 3.26. The van der Waals surface area contributed by atoms with E-state index in [1.54, 1.807) is 24.3 Å². The van der Waals surface area contributed by atoms with Crippen molar-refractivity contribution in [3.05, 3.63) is 53.6 Å². The van der Waals surface area contributed by atoms with Gasteiger partial charge in [-0.2, -0.15) is 0 Å². The molecule has 112 valence electrons. The number of phenolic OH excluding ortho intramolecular Hbond substituents is 2. The maximum absolute atomic E-state index is 10.4. The van der Waals surface area contributed by atoms with Crippen LogP contribution in [-0.4, -0.2) is 34.1 Å². The number of ether oxygens (including phenoxy) is 1. The van der Waals surface area contributed by atoms with Crippen LogP contribution < -0.4 is 4.74 Å². The van der Waals surface area contributed by atoms with Crippen LogP contribution in [-0.2, 0) is 0 Å². The highest BCUT2D eigenvalue weighted by molar-refractivity contribution is 5.43. The van der Waals surface area contributed by atoms with Crippen molar-refractivity contribution in [3.8, 4) is 17.2 Å². The van der Waals surface area contributed by atoms with Crippen LogP contribution in [0.3, 0.4) is 0 Å². The SMILES string of the molecule is COc1cc(C(CO)C(O)c2ccc(O)cc2)ccc1O. The molecule has 0 spiro atoms. The van der Waals surface area contributed by atoms with Crippen LogP contribution in [0.25, 0.3) is 0 Å². The van der Waals surface area contributed by atoms with Crippen LogP contribution in [0, 0.1) is 0 Å². The van der Waals surface area contributed by atoms with Crippen LogP contribution in [0.1, 0.15) is 23.1 Å². The Morgan fingerprint density at radius 1 is 1.00 bits per heavy atom. The summed E-state index contributed by atoms with van der Waals surface area (Å²) < 4.78 is 5.04. The smallest absolute Gasteiger partial charge is 0.160 e. The molecule has 0 aliphatic heterocycles. The number of aromatic hydroxyl groups is 2. The average molecular weight is 290 g/mol. The molecule has 2 atom stereocenters. The van der Waals surface area contributed by atoms with Crippen LogP contribution in [0.15, 0.2) is 42.5 Å². The number of phenols is 2. The second kappa shape index (κ2) is 6.47. The summed E-state index contributed by atoms with van der Waals surface area (Å²) in [5.74, 6) is -0.178. The number of hydrogen-bond donors (Lipinski definition) is 4. The number of methoxy groups -OCH3 is 1. The zero-order chi connectivity index (χ0) is 15.4. The van der Waals surface area contributed by atoms with Crippen molar-refractivity contribution in [3.63, 3.8) is 0 Å². The lowest BCUT2D eigenvalue weighted by Gasteiger charge is -2.22. The Labute approximate surface area is 122 Å². The molecule has 0 aromatic heterocycles. The van der Waals surface area contributed by atoms with E-state index in [9.17, 15) is 20.4 Å². The Hall–Kier alpha value is -2.24. The lowest BCUT2D eigenvalue weighted by molar-refractivity contribution is 0.107. The Bertz CT molecular complexity index is 594. The zero-order valence-electron chi connectivity index (χ0n) is 11.6. The van der Waals surface area contributed by atoms with Gasteiger partial charge in [-0.3, -0.25) is 0 Å². The van der Waals surface area contributed by atoms with Crippen molar-refractivity contribution >= 4 is 0 Å². The fraction of sp³-hybridized carbons (Fsp3) is 0.250. The molecule has 2 aromatic carbocycles. The van der Waals surface area contributed by atoms with Gasteiger partial charge in [0, 0.05) is 5.92 Å². The first-order valence-electron chi connectivity index (χ1n) is 6.51. The summed E-state index contributed by atoms with van der Waals surface area (Å²) in [6, 6.07) is 10.8. The Balaban J connectivity index is 2.32. The van der Waals surface area contributed by atoms with Gasteiger partial charge in [0.15, 0.2) is 11.5 Å². The molecule has 0 heterocycles. The topological polar surface area (TPSA) is 90.2 Å². The Morgan fingerprint density at radius 2 is 1.62 bits per heavy atom. The number of hydrogen-bond acceptors (Lipinski definition) is 5. The molecule has 0 aliphatic rings. The lowest BCUT2D eigenvalue weighted by Crippen LogP contribution is -2.15. The minimum Gasteiger partial charge on any atom is -0.508 e. The second-order valence-corrected chi connectivity index (χ2v) is 4.76. The van der Waals surface area contributed by atoms with Crippen LogP contribution >= 0.6 is 0 Å². The highest BCUT2D eigenvalue weighted by atomic mass is 16.5. The Morgan fingerprint density at radius 3 is 2.19 bits per heavy atom. The molecule has 2 aromatic rings. The fourth-order valence-corrected chi connectivity index (χ4v) is 2.22. The largest absolute Gasteiger partial charge is 0.508 e. The van der Waals surface area contributed by atoms with E-state index in [0.29, 0.717) is 11.1 Å². The predicted molar refractivity (Wildman–Crippen MR) is 77.6 cm³/mol. The summed E-state index contributed by atoms with van der Waals surface area (Å²) in [6.45, 7) is -0.268. The highest BCUT2D eigenvalue weighted by Crippen LogP contribution is 2.35. The van der Waals surface area contributed by atoms with Gasteiger partial charge in [0.1, 0.15) is 5.75 Å². The highest BCUT2D eigenvalue weighted by Gasteiger charge is 2.23. The first-order valence-corrected chi connectivity index (χ1v) is 6.51. The van der Waals surface area contributed by atoms with Gasteiger partial charge in [0.05, 0.1) is 19.8 Å². The number of benzene rings is 2. The number of rotatable bonds is 5. The van der Waals surface area contributed by atoms with Gasteiger partial charge in [0.2, 0.25) is 0 Å². The molecular weight excluding hydrogens is 272 g/mol. The van der Waals surface area contributed by atoms with Crippen molar-refractivity contribution in [1.29, 1.82) is 0 Å². The molecular formula is C16H18O5. The van der Waals surface area contributed by atoms with Crippen LogP contribution in [0.2, 0.25) is 0 Å². The quantitative estimate of drug-likeness (QED) is 0.675. The molecule has 4 N–H and O–H groups in total. The summed E-state index contributed by atoms with van der Waals surface area (Å²) in [5.41, 5.74) is 1.23. The van der Waals surface area contributed by atoms with E-state index in [1.165, 1.54) is 25.3 Å². The van der Waals surface area contributed by atoms with Crippen molar-refractivity contribution in [2.75, 3.05) is 13.7 Å². The van der Waals surface area contributed by atoms with Gasteiger partial charge in [0.25, 0.3) is 0 Å². The molecule has 0 amide bonds. The zero-order valence-corrected chi connectivity index (χ0v) is 11.6. The molecule has 2 unspecified atom stereocenters. The van der Waals surface area contributed by atoms with E-state index >= 15 is 0 Å². The van der Waals surface area contributed by atoms with Crippen molar-refractivity contribution in [1.82, 2.24) is 0 Å². The predicted octanol–water partition coefficient (Wildman–Crippen LogP) is 1.92. The molecule has 0 saturated carbocycles. The molecule has 5 nitrogen and oxygen atoms in total. The summed E-state index contributed by atoms with van der Waals surface area (Å²) >= 11 is 0. The third-order valence-electron chi connectivity index (χ3n) is 3.44. The van der Waals surface area contributed by atoms with Gasteiger partial charge >= 0.3 is 0 Å². The molecule has 0 saturated heterocycles. The first-order chi connectivity index (χ1) is 10.1. The van der Waals surface area contributed by atoms with Crippen molar-refractivity contribution < 1.29 is 25.2 Å². The maximum atomic E-state index is 10.4. The van der Waals surface area contributed by atoms with Crippen molar-refractivity contribution in [2.24, 2.45) is 0 Å². The second-order valence-electron chi connectivity index (χ2n) is 4.76. The summed E-state index contributed by atoms with van der Waals surface area (Å²) in [4.78, 5) is 0. The van der Waals surface area contributed by atoms with E-state index in [0.717, 1.165) is 0 Å². The van der Waals surface area contributed by atoms with E-state index in [2.05, 4.69) is 0 Å².